The van der Waals surface area contributed by atoms with Crippen molar-refractivity contribution in [3.63, 3.8) is 0 Å². The van der Waals surface area contributed by atoms with Crippen molar-refractivity contribution < 1.29 is 13.9 Å². The Morgan fingerprint density at radius 1 is 1.29 bits per heavy atom. The van der Waals surface area contributed by atoms with Gasteiger partial charge in [0.1, 0.15) is 12.4 Å². The Morgan fingerprint density at radius 3 is 2.75 bits per heavy atom. The van der Waals surface area contributed by atoms with Gasteiger partial charge in [-0.25, -0.2) is 4.39 Å². The lowest BCUT2D eigenvalue weighted by molar-refractivity contribution is -0.137. The maximum Gasteiger partial charge on any atom is 0.306 e. The van der Waals surface area contributed by atoms with Crippen LogP contribution in [-0.2, 0) is 9.53 Å². The molecule has 2 fully saturated rings. The summed E-state index contributed by atoms with van der Waals surface area (Å²) < 4.78 is 19.0. The molecular weight excluding hydrogens is 335 g/mol. The minimum atomic E-state index is -0.439. The van der Waals surface area contributed by atoms with Gasteiger partial charge in [-0.1, -0.05) is 11.6 Å². The first-order valence-corrected chi connectivity index (χ1v) is 7.83. The highest BCUT2D eigenvalue weighted by Crippen LogP contribution is 2.42. The molecule has 6 nitrogen and oxygen atoms in total. The summed E-state index contributed by atoms with van der Waals surface area (Å²) in [7, 11) is 0. The van der Waals surface area contributed by atoms with Crippen LogP contribution in [-0.4, -0.2) is 35.9 Å². The lowest BCUT2D eigenvalue weighted by atomic mass is 9.79. The highest BCUT2D eigenvalue weighted by molar-refractivity contribution is 6.30. The fraction of sp³-hybridized carbons (Fsp3) is 0.312. The number of rotatable bonds is 2. The predicted molar refractivity (Wildman–Crippen MR) is 87.1 cm³/mol. The van der Waals surface area contributed by atoms with Gasteiger partial charge in [-0.15, -0.1) is 10.2 Å². The standard InChI is InChI=1S/C16H14ClFN4O2/c17-9-1-2-11(18)10(3-9)13-4-12(19)15(21-20-13)22-6-16(7-22)5-14(23)24-8-16/h1-4H,5-8H2,(H2,19,20). The van der Waals surface area contributed by atoms with Gasteiger partial charge >= 0.3 is 5.97 Å². The number of halogens is 2. The van der Waals surface area contributed by atoms with Gasteiger partial charge in [-0.3, -0.25) is 4.79 Å². The molecule has 1 aromatic carbocycles. The number of carbonyl (C=O) groups is 1. The van der Waals surface area contributed by atoms with Crippen LogP contribution in [0.25, 0.3) is 11.3 Å². The molecule has 2 aliphatic heterocycles. The molecule has 2 aromatic rings. The molecule has 3 heterocycles. The zero-order valence-corrected chi connectivity index (χ0v) is 13.4. The Balaban J connectivity index is 1.57. The van der Waals surface area contributed by atoms with Crippen molar-refractivity contribution in [1.29, 1.82) is 0 Å². The monoisotopic (exact) mass is 348 g/mol. The van der Waals surface area contributed by atoms with Crippen LogP contribution in [0, 0.1) is 11.2 Å². The van der Waals surface area contributed by atoms with Crippen molar-refractivity contribution in [2.45, 2.75) is 6.42 Å². The highest BCUT2D eigenvalue weighted by atomic mass is 35.5. The average molecular weight is 349 g/mol. The number of hydrogen-bond acceptors (Lipinski definition) is 6. The molecule has 0 aliphatic carbocycles. The summed E-state index contributed by atoms with van der Waals surface area (Å²) in [5.41, 5.74) is 6.92. The Morgan fingerprint density at radius 2 is 2.08 bits per heavy atom. The maximum absolute atomic E-state index is 13.9. The van der Waals surface area contributed by atoms with Gasteiger partial charge in [0.2, 0.25) is 0 Å². The molecule has 0 unspecified atom stereocenters. The van der Waals surface area contributed by atoms with Gasteiger partial charge in [0.15, 0.2) is 5.82 Å². The smallest absolute Gasteiger partial charge is 0.306 e. The first-order chi connectivity index (χ1) is 11.5. The van der Waals surface area contributed by atoms with Crippen molar-refractivity contribution in [2.75, 3.05) is 30.3 Å². The predicted octanol–water partition coefficient (Wildman–Crippen LogP) is 2.27. The van der Waals surface area contributed by atoms with Crippen molar-refractivity contribution >= 4 is 29.1 Å². The maximum atomic E-state index is 13.9. The topological polar surface area (TPSA) is 81.3 Å². The van der Waals surface area contributed by atoms with E-state index in [-0.39, 0.29) is 16.9 Å². The molecule has 0 atom stereocenters. The molecule has 4 rings (SSSR count). The van der Waals surface area contributed by atoms with E-state index in [0.717, 1.165) is 0 Å². The molecule has 24 heavy (non-hydrogen) atoms. The number of benzene rings is 1. The second kappa shape index (κ2) is 5.31. The van der Waals surface area contributed by atoms with E-state index in [0.29, 0.717) is 48.3 Å². The second-order valence-electron chi connectivity index (χ2n) is 6.33. The van der Waals surface area contributed by atoms with E-state index in [9.17, 15) is 9.18 Å². The van der Waals surface area contributed by atoms with Gasteiger partial charge < -0.3 is 15.4 Å². The fourth-order valence-electron chi connectivity index (χ4n) is 3.23. The van der Waals surface area contributed by atoms with Crippen LogP contribution < -0.4 is 10.6 Å². The van der Waals surface area contributed by atoms with E-state index in [1.54, 1.807) is 6.07 Å². The number of nitrogens with zero attached hydrogens (tertiary/aromatic N) is 3. The van der Waals surface area contributed by atoms with Gasteiger partial charge in [0.25, 0.3) is 0 Å². The molecule has 0 bridgehead atoms. The van der Waals surface area contributed by atoms with Gasteiger partial charge in [-0.2, -0.15) is 0 Å². The van der Waals surface area contributed by atoms with Crippen molar-refractivity contribution in [3.8, 4) is 11.3 Å². The second-order valence-corrected chi connectivity index (χ2v) is 6.76. The summed E-state index contributed by atoms with van der Waals surface area (Å²) in [5, 5.41) is 8.62. The van der Waals surface area contributed by atoms with Crippen LogP contribution in [0.4, 0.5) is 15.9 Å². The minimum Gasteiger partial charge on any atom is -0.465 e. The third-order valence-corrected chi connectivity index (χ3v) is 4.65. The molecule has 8 heteroatoms. The summed E-state index contributed by atoms with van der Waals surface area (Å²) >= 11 is 5.91. The summed E-state index contributed by atoms with van der Waals surface area (Å²) in [5.74, 6) is -0.0722. The largest absolute Gasteiger partial charge is 0.465 e. The molecule has 2 saturated heterocycles. The number of anilines is 2. The van der Waals surface area contributed by atoms with Crippen LogP contribution in [0.15, 0.2) is 24.3 Å². The van der Waals surface area contributed by atoms with Gasteiger partial charge in [0, 0.05) is 23.7 Å². The molecule has 1 spiro atoms. The molecule has 2 N–H and O–H groups in total. The van der Waals surface area contributed by atoms with E-state index in [1.807, 2.05) is 4.90 Å². The van der Waals surface area contributed by atoms with E-state index >= 15 is 0 Å². The summed E-state index contributed by atoms with van der Waals surface area (Å²) in [6.45, 7) is 1.71. The number of hydrogen-bond donors (Lipinski definition) is 1. The van der Waals surface area contributed by atoms with Crippen LogP contribution in [0.2, 0.25) is 5.02 Å². The number of aromatic nitrogens is 2. The first kappa shape index (κ1) is 15.1. The van der Waals surface area contributed by atoms with Gasteiger partial charge in [0.05, 0.1) is 23.2 Å². The molecule has 0 amide bonds. The molecule has 0 saturated carbocycles. The first-order valence-electron chi connectivity index (χ1n) is 7.45. The zero-order chi connectivity index (χ0) is 16.9. The zero-order valence-electron chi connectivity index (χ0n) is 12.6. The van der Waals surface area contributed by atoms with Crippen molar-refractivity contribution in [2.24, 2.45) is 5.41 Å². The Labute approximate surface area is 142 Å². The normalized spacial score (nSPS) is 18.6. The average Bonchev–Trinajstić information content (AvgIpc) is 2.91. The molecular formula is C16H14ClFN4O2. The quantitative estimate of drug-likeness (QED) is 0.838. The Bertz CT molecular complexity index is 839. The van der Waals surface area contributed by atoms with Crippen molar-refractivity contribution in [1.82, 2.24) is 10.2 Å². The van der Waals surface area contributed by atoms with E-state index < -0.39 is 5.82 Å². The van der Waals surface area contributed by atoms with E-state index in [2.05, 4.69) is 10.2 Å². The summed E-state index contributed by atoms with van der Waals surface area (Å²) in [6.07, 6.45) is 0.419. The lowest BCUT2D eigenvalue weighted by Crippen LogP contribution is -2.57. The molecule has 1 aromatic heterocycles. The number of cyclic esters (lactones) is 1. The number of esters is 1. The number of carbonyl (C=O) groups excluding carboxylic acids is 1. The van der Waals surface area contributed by atoms with Gasteiger partial charge in [-0.05, 0) is 24.3 Å². The van der Waals surface area contributed by atoms with E-state index in [4.69, 9.17) is 22.1 Å². The number of ether oxygens (including phenoxy) is 1. The van der Waals surface area contributed by atoms with E-state index in [1.165, 1.54) is 18.2 Å². The van der Waals surface area contributed by atoms with Crippen LogP contribution >= 0.6 is 11.6 Å². The fourth-order valence-corrected chi connectivity index (χ4v) is 3.40. The highest BCUT2D eigenvalue weighted by Gasteiger charge is 2.50. The molecule has 124 valence electrons. The SMILES string of the molecule is Nc1cc(-c2cc(Cl)ccc2F)nnc1N1CC2(COC(=O)C2)C1. The summed E-state index contributed by atoms with van der Waals surface area (Å²) in [6, 6.07) is 5.81. The Hall–Kier alpha value is -2.41. The third kappa shape index (κ3) is 2.45. The summed E-state index contributed by atoms with van der Waals surface area (Å²) in [4.78, 5) is 13.2. The van der Waals surface area contributed by atoms with Crippen molar-refractivity contribution in [3.05, 3.63) is 35.1 Å². The van der Waals surface area contributed by atoms with Crippen LogP contribution in [0.5, 0.6) is 0 Å². The lowest BCUT2D eigenvalue weighted by Gasteiger charge is -2.46. The van der Waals surface area contributed by atoms with Crippen LogP contribution in [0.1, 0.15) is 6.42 Å². The third-order valence-electron chi connectivity index (χ3n) is 4.42. The number of nitrogens with two attached hydrogens (primary N) is 1. The number of nitrogen functional groups attached to an aromatic ring is 1. The Kier molecular flexibility index (Phi) is 3.35. The molecule has 0 radical (unpaired) electrons. The minimum absolute atomic E-state index is 0.136. The molecule has 2 aliphatic rings. The van der Waals surface area contributed by atoms with Crippen LogP contribution in [0.3, 0.4) is 0 Å².